The van der Waals surface area contributed by atoms with Crippen LogP contribution in [0.15, 0.2) is 164 Å². The summed E-state index contributed by atoms with van der Waals surface area (Å²) in [6.45, 7) is 40.0. The van der Waals surface area contributed by atoms with Crippen molar-refractivity contribution in [2.75, 3.05) is 0 Å². The van der Waals surface area contributed by atoms with Crippen molar-refractivity contribution < 1.29 is 0 Å². The largest absolute Gasteiger partial charge is 0.0808 e. The lowest BCUT2D eigenvalue weighted by molar-refractivity contribution is 1.31. The highest BCUT2D eigenvalue weighted by Gasteiger charge is 2.00. The number of rotatable bonds is 0. The summed E-state index contributed by atoms with van der Waals surface area (Å²) in [5.74, 6) is 0. The minimum Gasteiger partial charge on any atom is -0.0808 e. The van der Waals surface area contributed by atoms with Crippen molar-refractivity contribution in [3.8, 4) is 0 Å². The Morgan fingerprint density at radius 1 is 0.295 bits per heavy atom. The third kappa shape index (κ3) is 46.2. The van der Waals surface area contributed by atoms with Gasteiger partial charge in [-0.2, -0.15) is 0 Å². The van der Waals surface area contributed by atoms with Gasteiger partial charge in [-0.25, -0.2) is 0 Å². The Bertz CT molecular complexity index is 1480. The Labute approximate surface area is 385 Å². The molecule has 0 spiro atoms. The highest BCUT2D eigenvalue weighted by atomic mass is 14.0. The summed E-state index contributed by atoms with van der Waals surface area (Å²) in [6.07, 6.45) is 20.6. The summed E-state index contributed by atoms with van der Waals surface area (Å²) < 4.78 is 0. The Kier molecular flexibility index (Phi) is 96.0. The molecule has 3 aliphatic rings. The van der Waals surface area contributed by atoms with Crippen LogP contribution < -0.4 is 10.4 Å². The van der Waals surface area contributed by atoms with Gasteiger partial charge in [0.2, 0.25) is 0 Å². The van der Waals surface area contributed by atoms with Crippen LogP contribution in [0.2, 0.25) is 0 Å². The SMILES string of the molecule is C.C.C1=CCC=C1.C1=Cc2ccccc2C1.C1=c2ccccc2=CC1.CC.CC.CC.CC.CC.CC.CC.CC.CC.CC.c1ccc2ccccc2c1.c1ccccc1. The number of hydrogen-bond acceptors (Lipinski definition) is 0. The fourth-order valence-corrected chi connectivity index (χ4v) is 4.30. The number of benzene rings is 5. The van der Waals surface area contributed by atoms with E-state index in [4.69, 9.17) is 0 Å². The molecule has 0 bridgehead atoms. The average Bonchev–Trinajstić information content (AvgIpc) is 4.22. The Hall–Kier alpha value is -4.68. The van der Waals surface area contributed by atoms with E-state index in [1.165, 1.54) is 32.3 Å². The van der Waals surface area contributed by atoms with Crippen molar-refractivity contribution in [3.63, 3.8) is 0 Å². The van der Waals surface area contributed by atoms with Gasteiger partial charge in [-0.05, 0) is 51.6 Å². The van der Waals surface area contributed by atoms with E-state index in [1.54, 1.807) is 0 Å². The lowest BCUT2D eigenvalue weighted by Gasteiger charge is -1.93. The Morgan fingerprint density at radius 2 is 0.590 bits per heavy atom. The maximum absolute atomic E-state index is 2.25. The molecule has 3 aliphatic carbocycles. The van der Waals surface area contributed by atoms with E-state index < -0.39 is 0 Å². The first kappa shape index (κ1) is 77.0. The van der Waals surface area contributed by atoms with Gasteiger partial charge in [-0.1, -0.05) is 335 Å². The maximum atomic E-state index is 2.25. The molecule has 0 aromatic heterocycles. The normalized spacial score (nSPS) is 8.92. The van der Waals surface area contributed by atoms with Gasteiger partial charge in [0.15, 0.2) is 0 Å². The molecule has 0 atom stereocenters. The molecule has 0 radical (unpaired) electrons. The molecule has 0 fully saturated rings. The number of allylic oxidation sites excluding steroid dienone is 5. The molecular weight excluding hydrogens is 733 g/mol. The first-order chi connectivity index (χ1) is 29.4. The van der Waals surface area contributed by atoms with E-state index >= 15 is 0 Å². The van der Waals surface area contributed by atoms with Gasteiger partial charge in [0.1, 0.15) is 0 Å². The van der Waals surface area contributed by atoms with Gasteiger partial charge >= 0.3 is 0 Å². The van der Waals surface area contributed by atoms with E-state index in [0.29, 0.717) is 0 Å². The highest BCUT2D eigenvalue weighted by molar-refractivity contribution is 5.82. The van der Waals surface area contributed by atoms with Crippen LogP contribution >= 0.6 is 0 Å². The molecule has 5 aromatic rings. The molecule has 0 saturated heterocycles. The summed E-state index contributed by atoms with van der Waals surface area (Å²) >= 11 is 0. The summed E-state index contributed by atoms with van der Waals surface area (Å²) in [4.78, 5) is 0. The van der Waals surface area contributed by atoms with Crippen LogP contribution in [0.25, 0.3) is 29.0 Å². The molecule has 8 rings (SSSR count). The first-order valence-corrected chi connectivity index (χ1v) is 23.7. The minimum atomic E-state index is 0. The van der Waals surface area contributed by atoms with Crippen molar-refractivity contribution in [3.05, 3.63) is 185 Å². The third-order valence-electron chi connectivity index (χ3n) is 6.34. The lowest BCUT2D eigenvalue weighted by atomic mass is 10.1. The quantitative estimate of drug-likeness (QED) is 0.146. The molecule has 0 unspecified atom stereocenters. The van der Waals surface area contributed by atoms with Crippen molar-refractivity contribution in [1.82, 2.24) is 0 Å². The molecule has 348 valence electrons. The fourth-order valence-electron chi connectivity index (χ4n) is 4.30. The first-order valence-electron chi connectivity index (χ1n) is 23.7. The molecule has 0 amide bonds. The maximum Gasteiger partial charge on any atom is -0.00882 e. The summed E-state index contributed by atoms with van der Waals surface area (Å²) in [5, 5.41) is 5.39. The second-order valence-electron chi connectivity index (χ2n) is 9.17. The Balaban J connectivity index is -0.0000000719. The summed E-state index contributed by atoms with van der Waals surface area (Å²) in [7, 11) is 0. The standard InChI is InChI=1S/C10H8.2C9H8.C6H6.C5H6.10C2H6.2CH4/c1-2-6-10-8-4-3-7-9(10)5-1;2*1-2-5-9-7-3-6-8(9)4-1;1-2-4-6-5-3-1;1-2-4-5-3-1;10*1-2;;/h1-8H;1-2,4-7H,3H2;1-6H,7H2;1-6H;1-4H,5H2;10*1-2H3;2*1H4. The van der Waals surface area contributed by atoms with Crippen molar-refractivity contribution in [1.29, 1.82) is 0 Å². The minimum absolute atomic E-state index is 0. The molecule has 5 aromatic carbocycles. The topological polar surface area (TPSA) is 0 Å². The van der Waals surface area contributed by atoms with Crippen LogP contribution in [0.1, 0.15) is 177 Å². The van der Waals surface area contributed by atoms with Crippen LogP contribution in [0.3, 0.4) is 0 Å². The van der Waals surface area contributed by atoms with E-state index in [9.17, 15) is 0 Å². The monoisotopic (exact) mass is 837 g/mol. The molecule has 61 heavy (non-hydrogen) atoms. The molecule has 0 N–H and O–H groups in total. The van der Waals surface area contributed by atoms with Crippen LogP contribution in [-0.2, 0) is 6.42 Å². The third-order valence-corrected chi connectivity index (χ3v) is 6.34. The Morgan fingerprint density at radius 3 is 0.885 bits per heavy atom. The average molecular weight is 838 g/mol. The van der Waals surface area contributed by atoms with Gasteiger partial charge < -0.3 is 0 Å². The second-order valence-corrected chi connectivity index (χ2v) is 9.17. The zero-order chi connectivity index (χ0) is 46.8. The number of hydrogen-bond donors (Lipinski definition) is 0. The zero-order valence-corrected chi connectivity index (χ0v) is 42.4. The smallest absolute Gasteiger partial charge is 0.00882 e. The van der Waals surface area contributed by atoms with Crippen molar-refractivity contribution in [2.24, 2.45) is 0 Å². The van der Waals surface area contributed by atoms with E-state index in [1.807, 2.05) is 175 Å². The molecule has 0 aliphatic heterocycles. The highest BCUT2D eigenvalue weighted by Crippen LogP contribution is 2.17. The van der Waals surface area contributed by atoms with E-state index in [0.717, 1.165) is 19.3 Å². The van der Waals surface area contributed by atoms with Gasteiger partial charge in [0, 0.05) is 0 Å². The molecule has 0 heterocycles. The van der Waals surface area contributed by atoms with Gasteiger partial charge in [0.25, 0.3) is 0 Å². The fraction of sp³-hybridized carbons (Fsp3) is 0.410. The summed E-state index contributed by atoms with van der Waals surface area (Å²) in [5.41, 5.74) is 2.84. The predicted octanol–water partition coefficient (Wildman–Crippen LogP) is 20.5. The van der Waals surface area contributed by atoms with E-state index in [2.05, 4.69) is 146 Å². The molecule has 0 nitrogen and oxygen atoms in total. The zero-order valence-electron chi connectivity index (χ0n) is 42.4. The summed E-state index contributed by atoms with van der Waals surface area (Å²) in [6, 6.07) is 45.7. The van der Waals surface area contributed by atoms with E-state index in [-0.39, 0.29) is 14.9 Å². The van der Waals surface area contributed by atoms with Gasteiger partial charge in [-0.3, -0.25) is 0 Å². The van der Waals surface area contributed by atoms with Crippen molar-refractivity contribution >= 4 is 29.0 Å². The molecule has 0 saturated carbocycles. The molecule has 0 heteroatoms. The van der Waals surface area contributed by atoms with Crippen LogP contribution in [-0.4, -0.2) is 0 Å². The predicted molar refractivity (Wildman–Crippen MR) is 299 cm³/mol. The van der Waals surface area contributed by atoms with Crippen LogP contribution in [0.5, 0.6) is 0 Å². The van der Waals surface area contributed by atoms with Crippen molar-refractivity contribution in [2.45, 2.75) is 173 Å². The van der Waals surface area contributed by atoms with Gasteiger partial charge in [0.05, 0.1) is 0 Å². The molecular formula is C61H104. The second kappa shape index (κ2) is 76.1. The number of fused-ring (bicyclic) bond motifs is 3. The van der Waals surface area contributed by atoms with Crippen LogP contribution in [0, 0.1) is 0 Å². The van der Waals surface area contributed by atoms with Gasteiger partial charge in [-0.15, -0.1) is 0 Å². The lowest BCUT2D eigenvalue weighted by Crippen LogP contribution is -2.19. The van der Waals surface area contributed by atoms with Crippen LogP contribution in [0.4, 0.5) is 0 Å².